The number of nitrogens with zero attached hydrogens (tertiary/aromatic N) is 1. The average molecular weight is 375 g/mol. The van der Waals surface area contributed by atoms with E-state index in [1.54, 1.807) is 6.07 Å². The predicted molar refractivity (Wildman–Crippen MR) is 92.3 cm³/mol. The lowest BCUT2D eigenvalue weighted by atomic mass is 9.84. The highest BCUT2D eigenvalue weighted by Crippen LogP contribution is 2.28. The predicted octanol–water partition coefficient (Wildman–Crippen LogP) is 3.53. The first-order valence-electron chi connectivity index (χ1n) is 8.08. The molecule has 23 heavy (non-hydrogen) atoms. The first-order valence-corrected chi connectivity index (χ1v) is 8.87. The number of amides is 1. The summed E-state index contributed by atoms with van der Waals surface area (Å²) in [5, 5.41) is 3.16. The normalized spacial score (nSPS) is 26.2. The molecule has 3 aliphatic heterocycles. The molecule has 0 aliphatic carbocycles. The van der Waals surface area contributed by atoms with Gasteiger partial charge in [0.25, 0.3) is 5.91 Å². The van der Waals surface area contributed by atoms with Crippen LogP contribution in [-0.2, 0) is 0 Å². The standard InChI is InChI=1S/C18H19BrN2O2/c19-14-3-1-13(2-4-14)16-5-6-17(23-16)18(22)20-15-11-21-9-7-12(15)8-10-21/h1-6,12,15H,7-11H2,(H,20,22)/t15-/m0/s1. The van der Waals surface area contributed by atoms with Crippen molar-refractivity contribution in [2.75, 3.05) is 19.6 Å². The largest absolute Gasteiger partial charge is 0.451 e. The lowest BCUT2D eigenvalue weighted by Gasteiger charge is -2.44. The van der Waals surface area contributed by atoms with E-state index in [0.29, 0.717) is 11.7 Å². The van der Waals surface area contributed by atoms with Gasteiger partial charge in [-0.15, -0.1) is 0 Å². The van der Waals surface area contributed by atoms with Crippen molar-refractivity contribution in [1.82, 2.24) is 10.2 Å². The Labute approximate surface area is 144 Å². The third-order valence-corrected chi connectivity index (χ3v) is 5.46. The minimum absolute atomic E-state index is 0.105. The summed E-state index contributed by atoms with van der Waals surface area (Å²) >= 11 is 3.42. The second-order valence-electron chi connectivity index (χ2n) is 6.39. The van der Waals surface area contributed by atoms with E-state index in [9.17, 15) is 4.79 Å². The third-order valence-electron chi connectivity index (χ3n) is 4.93. The topological polar surface area (TPSA) is 45.5 Å². The van der Waals surface area contributed by atoms with Crippen LogP contribution in [0.5, 0.6) is 0 Å². The van der Waals surface area contributed by atoms with Crippen molar-refractivity contribution < 1.29 is 9.21 Å². The highest BCUT2D eigenvalue weighted by atomic mass is 79.9. The number of fused-ring (bicyclic) bond motifs is 3. The van der Waals surface area contributed by atoms with Gasteiger partial charge >= 0.3 is 0 Å². The molecule has 3 aliphatic rings. The molecule has 5 heteroatoms. The molecule has 1 N–H and O–H groups in total. The number of carbonyl (C=O) groups excluding carboxylic acids is 1. The lowest BCUT2D eigenvalue weighted by molar-refractivity contribution is 0.0606. The summed E-state index contributed by atoms with van der Waals surface area (Å²) in [5.74, 6) is 1.62. The summed E-state index contributed by atoms with van der Waals surface area (Å²) < 4.78 is 6.77. The molecule has 0 spiro atoms. The Bertz CT molecular complexity index is 702. The van der Waals surface area contributed by atoms with Crippen LogP contribution in [0.15, 0.2) is 45.3 Å². The zero-order valence-corrected chi connectivity index (χ0v) is 14.4. The zero-order valence-electron chi connectivity index (χ0n) is 12.8. The van der Waals surface area contributed by atoms with Crippen LogP contribution in [0.4, 0.5) is 0 Å². The molecule has 2 aromatic rings. The number of halogens is 1. The average Bonchev–Trinajstić information content (AvgIpc) is 3.07. The van der Waals surface area contributed by atoms with E-state index >= 15 is 0 Å². The van der Waals surface area contributed by atoms with Crippen LogP contribution in [0.1, 0.15) is 23.4 Å². The molecule has 1 amide bonds. The van der Waals surface area contributed by atoms with Gasteiger partial charge in [0.05, 0.1) is 0 Å². The fourth-order valence-electron chi connectivity index (χ4n) is 3.60. The number of benzene rings is 1. The van der Waals surface area contributed by atoms with Gasteiger partial charge in [-0.05, 0) is 56.1 Å². The van der Waals surface area contributed by atoms with E-state index in [1.807, 2.05) is 30.3 Å². The number of hydrogen-bond acceptors (Lipinski definition) is 3. The molecule has 0 saturated carbocycles. The van der Waals surface area contributed by atoms with Crippen molar-refractivity contribution >= 4 is 21.8 Å². The summed E-state index contributed by atoms with van der Waals surface area (Å²) in [5.41, 5.74) is 0.968. The van der Waals surface area contributed by atoms with Crippen molar-refractivity contribution in [2.24, 2.45) is 5.92 Å². The first kappa shape index (κ1) is 15.0. The fourth-order valence-corrected chi connectivity index (χ4v) is 3.86. The minimum Gasteiger partial charge on any atom is -0.451 e. The summed E-state index contributed by atoms with van der Waals surface area (Å²) in [6.07, 6.45) is 2.38. The fraction of sp³-hybridized carbons (Fsp3) is 0.389. The van der Waals surface area contributed by atoms with Crippen molar-refractivity contribution in [2.45, 2.75) is 18.9 Å². The van der Waals surface area contributed by atoms with E-state index in [4.69, 9.17) is 4.42 Å². The summed E-state index contributed by atoms with van der Waals surface area (Å²) in [6.45, 7) is 3.31. The maximum absolute atomic E-state index is 12.5. The summed E-state index contributed by atoms with van der Waals surface area (Å²) in [6, 6.07) is 11.7. The highest BCUT2D eigenvalue weighted by Gasteiger charge is 2.35. The van der Waals surface area contributed by atoms with Crippen molar-refractivity contribution in [3.8, 4) is 11.3 Å². The smallest absolute Gasteiger partial charge is 0.287 e. The number of hydrogen-bond donors (Lipinski definition) is 1. The molecule has 2 bridgehead atoms. The molecule has 1 aromatic carbocycles. The zero-order chi connectivity index (χ0) is 15.8. The Hall–Kier alpha value is -1.59. The van der Waals surface area contributed by atoms with Gasteiger partial charge in [0.2, 0.25) is 0 Å². The van der Waals surface area contributed by atoms with Crippen LogP contribution in [0.2, 0.25) is 0 Å². The van der Waals surface area contributed by atoms with Crippen LogP contribution in [0, 0.1) is 5.92 Å². The van der Waals surface area contributed by atoms with Gasteiger partial charge in [-0.3, -0.25) is 4.79 Å². The molecule has 0 radical (unpaired) electrons. The SMILES string of the molecule is O=C(N[C@H]1CN2CCC1CC2)c1ccc(-c2ccc(Br)cc2)o1. The lowest BCUT2D eigenvalue weighted by Crippen LogP contribution is -2.57. The molecule has 120 valence electrons. The third kappa shape index (κ3) is 3.08. The Morgan fingerprint density at radius 3 is 2.52 bits per heavy atom. The van der Waals surface area contributed by atoms with Crippen LogP contribution in [0.25, 0.3) is 11.3 Å². The molecule has 3 fully saturated rings. The molecule has 1 atom stereocenters. The minimum atomic E-state index is -0.105. The number of carbonyl (C=O) groups is 1. The Morgan fingerprint density at radius 2 is 1.87 bits per heavy atom. The maximum atomic E-state index is 12.5. The number of furan rings is 1. The van der Waals surface area contributed by atoms with E-state index in [0.717, 1.165) is 22.3 Å². The first-order chi connectivity index (χ1) is 11.2. The van der Waals surface area contributed by atoms with Crippen LogP contribution in [-0.4, -0.2) is 36.5 Å². The molecular weight excluding hydrogens is 356 g/mol. The quantitative estimate of drug-likeness (QED) is 0.893. The monoisotopic (exact) mass is 374 g/mol. The molecular formula is C18H19BrN2O2. The molecule has 0 unspecified atom stereocenters. The van der Waals surface area contributed by atoms with Crippen molar-refractivity contribution in [1.29, 1.82) is 0 Å². The molecule has 1 aromatic heterocycles. The number of rotatable bonds is 3. The second kappa shape index (κ2) is 6.13. The van der Waals surface area contributed by atoms with Gasteiger partial charge in [0, 0.05) is 22.6 Å². The number of piperidine rings is 3. The summed E-state index contributed by atoms with van der Waals surface area (Å²) in [7, 11) is 0. The maximum Gasteiger partial charge on any atom is 0.287 e. The van der Waals surface area contributed by atoms with Gasteiger partial charge in [0.15, 0.2) is 5.76 Å². The molecule has 5 rings (SSSR count). The van der Waals surface area contributed by atoms with E-state index in [2.05, 4.69) is 26.1 Å². The van der Waals surface area contributed by atoms with Crippen LogP contribution >= 0.6 is 15.9 Å². The van der Waals surface area contributed by atoms with Gasteiger partial charge < -0.3 is 14.6 Å². The van der Waals surface area contributed by atoms with Crippen LogP contribution < -0.4 is 5.32 Å². The second-order valence-corrected chi connectivity index (χ2v) is 7.30. The van der Waals surface area contributed by atoms with E-state index < -0.39 is 0 Å². The highest BCUT2D eigenvalue weighted by molar-refractivity contribution is 9.10. The van der Waals surface area contributed by atoms with Crippen molar-refractivity contribution in [3.63, 3.8) is 0 Å². The summed E-state index contributed by atoms with van der Waals surface area (Å²) in [4.78, 5) is 14.9. The Morgan fingerprint density at radius 1 is 1.13 bits per heavy atom. The van der Waals surface area contributed by atoms with E-state index in [1.165, 1.54) is 25.9 Å². The van der Waals surface area contributed by atoms with Gasteiger partial charge in [-0.2, -0.15) is 0 Å². The number of nitrogens with one attached hydrogen (secondary N) is 1. The van der Waals surface area contributed by atoms with Gasteiger partial charge in [-0.1, -0.05) is 28.1 Å². The van der Waals surface area contributed by atoms with E-state index in [-0.39, 0.29) is 11.9 Å². The Kier molecular flexibility index (Phi) is 3.99. The van der Waals surface area contributed by atoms with Crippen molar-refractivity contribution in [3.05, 3.63) is 46.6 Å². The van der Waals surface area contributed by atoms with Gasteiger partial charge in [-0.25, -0.2) is 0 Å². The van der Waals surface area contributed by atoms with Crippen LogP contribution in [0.3, 0.4) is 0 Å². The molecule has 3 saturated heterocycles. The molecule has 4 heterocycles. The Balaban J connectivity index is 1.46. The molecule has 4 nitrogen and oxygen atoms in total. The van der Waals surface area contributed by atoms with Gasteiger partial charge in [0.1, 0.15) is 5.76 Å².